The zero-order chi connectivity index (χ0) is 10.2. The molecule has 14 heavy (non-hydrogen) atoms. The van der Waals surface area contributed by atoms with Crippen molar-refractivity contribution < 1.29 is 9.84 Å². The largest absolute Gasteiger partial charge is 0.393 e. The Morgan fingerprint density at radius 1 is 1.43 bits per heavy atom. The molecule has 0 aromatic rings. The van der Waals surface area contributed by atoms with Gasteiger partial charge in [-0.15, -0.1) is 0 Å². The number of ether oxygens (including phenoxy) is 1. The molecule has 0 aliphatic carbocycles. The van der Waals surface area contributed by atoms with E-state index in [2.05, 4.69) is 6.26 Å². The maximum atomic E-state index is 9.78. The van der Waals surface area contributed by atoms with Crippen molar-refractivity contribution in [3.8, 4) is 0 Å². The third-order valence-corrected chi connectivity index (χ3v) is 3.53. The van der Waals surface area contributed by atoms with Crippen LogP contribution in [0.15, 0.2) is 0 Å². The zero-order valence-electron chi connectivity index (χ0n) is 9.08. The van der Waals surface area contributed by atoms with Gasteiger partial charge in [0.05, 0.1) is 6.10 Å². The molecule has 1 aliphatic rings. The fourth-order valence-corrected chi connectivity index (χ4v) is 2.40. The Bertz CT molecular complexity index is 135. The summed E-state index contributed by atoms with van der Waals surface area (Å²) < 4.78 is 5.29. The molecule has 0 bridgehead atoms. The van der Waals surface area contributed by atoms with Crippen molar-refractivity contribution in [1.82, 2.24) is 0 Å². The molecule has 1 fully saturated rings. The summed E-state index contributed by atoms with van der Waals surface area (Å²) in [6.07, 6.45) is 7.41. The summed E-state index contributed by atoms with van der Waals surface area (Å²) in [5.74, 6) is 1.87. The fourth-order valence-electron chi connectivity index (χ4n) is 1.95. The lowest BCUT2D eigenvalue weighted by molar-refractivity contribution is 0.0420. The Balaban J connectivity index is 2.03. The van der Waals surface area contributed by atoms with Crippen LogP contribution in [0, 0.1) is 5.92 Å². The summed E-state index contributed by atoms with van der Waals surface area (Å²) in [6, 6.07) is 0. The van der Waals surface area contributed by atoms with E-state index < -0.39 is 0 Å². The molecule has 0 aromatic carbocycles. The topological polar surface area (TPSA) is 29.5 Å². The molecule has 1 atom stereocenters. The van der Waals surface area contributed by atoms with E-state index in [0.717, 1.165) is 45.3 Å². The molecule has 1 heterocycles. The van der Waals surface area contributed by atoms with E-state index in [1.54, 1.807) is 0 Å². The van der Waals surface area contributed by atoms with Crippen molar-refractivity contribution in [2.45, 2.75) is 38.2 Å². The number of rotatable bonds is 6. The maximum Gasteiger partial charge on any atom is 0.0543 e. The van der Waals surface area contributed by atoms with Crippen molar-refractivity contribution >= 4 is 11.8 Å². The average Bonchev–Trinajstić information content (AvgIpc) is 2.20. The van der Waals surface area contributed by atoms with Crippen molar-refractivity contribution in [3.05, 3.63) is 0 Å². The lowest BCUT2D eigenvalue weighted by Crippen LogP contribution is -2.21. The lowest BCUT2D eigenvalue weighted by atomic mass is 9.92. The van der Waals surface area contributed by atoms with Crippen LogP contribution >= 0.6 is 11.8 Å². The molecule has 0 spiro atoms. The van der Waals surface area contributed by atoms with Crippen LogP contribution in [0.4, 0.5) is 0 Å². The van der Waals surface area contributed by atoms with Gasteiger partial charge < -0.3 is 9.84 Å². The van der Waals surface area contributed by atoms with Gasteiger partial charge >= 0.3 is 0 Å². The van der Waals surface area contributed by atoms with Crippen LogP contribution in [-0.2, 0) is 4.74 Å². The molecule has 1 unspecified atom stereocenters. The van der Waals surface area contributed by atoms with Gasteiger partial charge in [-0.05, 0) is 50.0 Å². The first-order chi connectivity index (χ1) is 6.83. The van der Waals surface area contributed by atoms with Crippen molar-refractivity contribution in [1.29, 1.82) is 0 Å². The molecule has 0 saturated carbocycles. The second-order valence-electron chi connectivity index (χ2n) is 4.08. The molecule has 1 rings (SSSR count). The number of hydrogen-bond donors (Lipinski definition) is 1. The Labute approximate surface area is 91.4 Å². The molecular weight excluding hydrogens is 196 g/mol. The highest BCUT2D eigenvalue weighted by molar-refractivity contribution is 7.98. The molecule has 1 N–H and O–H groups in total. The summed E-state index contributed by atoms with van der Waals surface area (Å²) in [6.45, 7) is 1.78. The van der Waals surface area contributed by atoms with Crippen LogP contribution in [0.5, 0.6) is 0 Å². The van der Waals surface area contributed by atoms with E-state index in [9.17, 15) is 5.11 Å². The Hall–Kier alpha value is 0.270. The van der Waals surface area contributed by atoms with Crippen molar-refractivity contribution in [2.24, 2.45) is 5.92 Å². The molecule has 84 valence electrons. The smallest absolute Gasteiger partial charge is 0.0543 e. The van der Waals surface area contributed by atoms with Gasteiger partial charge in [-0.25, -0.2) is 0 Å². The molecule has 1 saturated heterocycles. The van der Waals surface area contributed by atoms with Crippen LogP contribution < -0.4 is 0 Å². The van der Waals surface area contributed by atoms with Gasteiger partial charge in [-0.1, -0.05) is 0 Å². The molecule has 3 heteroatoms. The molecule has 0 amide bonds. The second-order valence-corrected chi connectivity index (χ2v) is 5.07. The van der Waals surface area contributed by atoms with Gasteiger partial charge in [0, 0.05) is 13.2 Å². The normalized spacial score (nSPS) is 21.0. The molecule has 0 aromatic heterocycles. The van der Waals surface area contributed by atoms with E-state index in [0.29, 0.717) is 5.92 Å². The monoisotopic (exact) mass is 218 g/mol. The lowest BCUT2D eigenvalue weighted by Gasteiger charge is -2.24. The van der Waals surface area contributed by atoms with Crippen LogP contribution in [0.1, 0.15) is 32.1 Å². The highest BCUT2D eigenvalue weighted by atomic mass is 32.2. The zero-order valence-corrected chi connectivity index (χ0v) is 9.89. The Kier molecular flexibility index (Phi) is 6.65. The summed E-state index contributed by atoms with van der Waals surface area (Å²) in [5.41, 5.74) is 0. The van der Waals surface area contributed by atoms with E-state index >= 15 is 0 Å². The number of hydrogen-bond acceptors (Lipinski definition) is 3. The van der Waals surface area contributed by atoms with Gasteiger partial charge in [0.1, 0.15) is 0 Å². The van der Waals surface area contributed by atoms with Crippen molar-refractivity contribution in [2.75, 3.05) is 25.2 Å². The number of aliphatic hydroxyl groups excluding tert-OH is 1. The van der Waals surface area contributed by atoms with Crippen LogP contribution in [-0.4, -0.2) is 36.4 Å². The summed E-state index contributed by atoms with van der Waals surface area (Å²) in [7, 11) is 0. The predicted molar refractivity (Wildman–Crippen MR) is 61.8 cm³/mol. The van der Waals surface area contributed by atoms with E-state index in [1.165, 1.54) is 5.75 Å². The van der Waals surface area contributed by atoms with Gasteiger partial charge in [0.25, 0.3) is 0 Å². The average molecular weight is 218 g/mol. The molecule has 1 aliphatic heterocycles. The first-order valence-electron chi connectivity index (χ1n) is 5.57. The number of thioether (sulfide) groups is 1. The van der Waals surface area contributed by atoms with Crippen LogP contribution in [0.3, 0.4) is 0 Å². The highest BCUT2D eigenvalue weighted by Crippen LogP contribution is 2.21. The fraction of sp³-hybridized carbons (Fsp3) is 1.00. The second kappa shape index (κ2) is 7.55. The van der Waals surface area contributed by atoms with Crippen LogP contribution in [0.2, 0.25) is 0 Å². The minimum atomic E-state index is -0.0785. The van der Waals surface area contributed by atoms with Gasteiger partial charge in [-0.2, -0.15) is 11.8 Å². The molecule has 0 radical (unpaired) electrons. The van der Waals surface area contributed by atoms with Gasteiger partial charge in [-0.3, -0.25) is 0 Å². The Morgan fingerprint density at radius 2 is 2.14 bits per heavy atom. The first-order valence-corrected chi connectivity index (χ1v) is 6.97. The third-order valence-electron chi connectivity index (χ3n) is 2.83. The van der Waals surface area contributed by atoms with Gasteiger partial charge in [0.2, 0.25) is 0 Å². The SMILES string of the molecule is CSCCCC(O)CC1CCOCC1. The van der Waals surface area contributed by atoms with Gasteiger partial charge in [0.15, 0.2) is 0 Å². The predicted octanol–water partition coefficient (Wildman–Crippen LogP) is 2.31. The summed E-state index contributed by atoms with van der Waals surface area (Å²) in [4.78, 5) is 0. The first kappa shape index (κ1) is 12.3. The summed E-state index contributed by atoms with van der Waals surface area (Å²) >= 11 is 1.86. The molecular formula is C11H22O2S. The number of aliphatic hydroxyl groups is 1. The van der Waals surface area contributed by atoms with E-state index in [4.69, 9.17) is 4.74 Å². The highest BCUT2D eigenvalue weighted by Gasteiger charge is 2.17. The van der Waals surface area contributed by atoms with E-state index in [-0.39, 0.29) is 6.10 Å². The Morgan fingerprint density at radius 3 is 2.79 bits per heavy atom. The minimum absolute atomic E-state index is 0.0785. The maximum absolute atomic E-state index is 9.78. The summed E-state index contributed by atoms with van der Waals surface area (Å²) in [5, 5.41) is 9.78. The standard InChI is InChI=1S/C11H22O2S/c1-14-8-2-3-11(12)9-10-4-6-13-7-5-10/h10-12H,2-9H2,1H3. The quantitative estimate of drug-likeness (QED) is 0.694. The van der Waals surface area contributed by atoms with Crippen molar-refractivity contribution in [3.63, 3.8) is 0 Å². The molecule has 2 nitrogen and oxygen atoms in total. The van der Waals surface area contributed by atoms with Crippen LogP contribution in [0.25, 0.3) is 0 Å². The third kappa shape index (κ3) is 5.23. The van der Waals surface area contributed by atoms with E-state index in [1.807, 2.05) is 11.8 Å². The minimum Gasteiger partial charge on any atom is -0.393 e.